The Labute approximate surface area is 120 Å². The summed E-state index contributed by atoms with van der Waals surface area (Å²) in [4.78, 5) is 22.4. The smallest absolute Gasteiger partial charge is 0.328 e. The van der Waals surface area contributed by atoms with E-state index in [9.17, 15) is 14.0 Å². The minimum absolute atomic E-state index is 0.0358. The average Bonchev–Trinajstić information content (AvgIpc) is 2.85. The Hall–Kier alpha value is -2.89. The van der Waals surface area contributed by atoms with Gasteiger partial charge in [0.05, 0.1) is 5.69 Å². The molecular formula is C15H13FN2O3. The second kappa shape index (κ2) is 6.04. The van der Waals surface area contributed by atoms with E-state index in [4.69, 9.17) is 5.11 Å². The van der Waals surface area contributed by atoms with E-state index in [2.05, 4.69) is 5.32 Å². The first-order valence-electron chi connectivity index (χ1n) is 6.10. The molecule has 0 spiro atoms. The zero-order valence-corrected chi connectivity index (χ0v) is 11.2. The largest absolute Gasteiger partial charge is 0.478 e. The van der Waals surface area contributed by atoms with Gasteiger partial charge in [-0.15, -0.1) is 0 Å². The molecule has 2 N–H and O–H groups in total. The summed E-state index contributed by atoms with van der Waals surface area (Å²) in [6, 6.07) is 7.39. The first kappa shape index (κ1) is 14.5. The van der Waals surface area contributed by atoms with Crippen molar-refractivity contribution in [1.82, 2.24) is 4.57 Å². The van der Waals surface area contributed by atoms with Crippen LogP contribution in [0, 0.1) is 5.82 Å². The summed E-state index contributed by atoms with van der Waals surface area (Å²) in [6.45, 7) is 0. The van der Waals surface area contributed by atoms with Gasteiger partial charge < -0.3 is 15.0 Å². The number of carbonyl (C=O) groups excluding carboxylic acids is 1. The highest BCUT2D eigenvalue weighted by Gasteiger charge is 2.11. The van der Waals surface area contributed by atoms with Crippen molar-refractivity contribution in [2.45, 2.75) is 0 Å². The molecule has 21 heavy (non-hydrogen) atoms. The van der Waals surface area contributed by atoms with E-state index >= 15 is 0 Å². The first-order valence-corrected chi connectivity index (χ1v) is 6.10. The van der Waals surface area contributed by atoms with E-state index in [0.717, 1.165) is 12.1 Å². The lowest BCUT2D eigenvalue weighted by atomic mass is 10.2. The molecule has 0 saturated heterocycles. The number of halogens is 1. The van der Waals surface area contributed by atoms with E-state index in [-0.39, 0.29) is 5.69 Å². The molecule has 0 unspecified atom stereocenters. The number of benzene rings is 1. The number of aryl methyl sites for hydroxylation is 1. The van der Waals surface area contributed by atoms with Crippen LogP contribution in [0.5, 0.6) is 0 Å². The summed E-state index contributed by atoms with van der Waals surface area (Å²) in [5.74, 6) is -2.17. The lowest BCUT2D eigenvalue weighted by Crippen LogP contribution is -2.16. The molecular weight excluding hydrogens is 275 g/mol. The standard InChI is InChI=1S/C15H13FN2O3/c1-18-8-2-3-13(18)15(21)17-12-6-4-10(9-11(12)16)5-7-14(19)20/h2-9H,1H3,(H,17,21)(H,19,20). The molecule has 0 aliphatic heterocycles. The number of carbonyl (C=O) groups is 2. The highest BCUT2D eigenvalue weighted by molar-refractivity contribution is 6.03. The van der Waals surface area contributed by atoms with Gasteiger partial charge in [0.25, 0.3) is 5.91 Å². The molecule has 0 aliphatic carbocycles. The monoisotopic (exact) mass is 288 g/mol. The second-order valence-electron chi connectivity index (χ2n) is 4.37. The Kier molecular flexibility index (Phi) is 4.18. The fraction of sp³-hybridized carbons (Fsp3) is 0.0667. The highest BCUT2D eigenvalue weighted by atomic mass is 19.1. The summed E-state index contributed by atoms with van der Waals surface area (Å²) >= 11 is 0. The van der Waals surface area contributed by atoms with Crippen LogP contribution < -0.4 is 5.32 Å². The number of anilines is 1. The molecule has 0 bridgehead atoms. The molecule has 0 atom stereocenters. The molecule has 2 rings (SSSR count). The first-order chi connectivity index (χ1) is 9.97. The van der Waals surface area contributed by atoms with Crippen molar-refractivity contribution >= 4 is 23.6 Å². The van der Waals surface area contributed by atoms with Crippen LogP contribution in [0.1, 0.15) is 16.1 Å². The fourth-order valence-corrected chi connectivity index (χ4v) is 1.79. The zero-order chi connectivity index (χ0) is 15.4. The third-order valence-electron chi connectivity index (χ3n) is 2.84. The maximum atomic E-state index is 13.9. The number of aromatic nitrogens is 1. The fourth-order valence-electron chi connectivity index (χ4n) is 1.79. The second-order valence-corrected chi connectivity index (χ2v) is 4.37. The number of amides is 1. The number of rotatable bonds is 4. The van der Waals surface area contributed by atoms with Crippen molar-refractivity contribution in [1.29, 1.82) is 0 Å². The normalized spacial score (nSPS) is 10.8. The lowest BCUT2D eigenvalue weighted by Gasteiger charge is -2.07. The van der Waals surface area contributed by atoms with Gasteiger partial charge in [0, 0.05) is 19.3 Å². The van der Waals surface area contributed by atoms with Gasteiger partial charge in [-0.3, -0.25) is 4.79 Å². The molecule has 0 radical (unpaired) electrons. The average molecular weight is 288 g/mol. The van der Waals surface area contributed by atoms with Crippen LogP contribution in [-0.2, 0) is 11.8 Å². The minimum Gasteiger partial charge on any atom is -0.478 e. The van der Waals surface area contributed by atoms with Gasteiger partial charge in [0.1, 0.15) is 11.5 Å². The summed E-state index contributed by atoms with van der Waals surface area (Å²) in [5, 5.41) is 11.0. The van der Waals surface area contributed by atoms with Crippen LogP contribution >= 0.6 is 0 Å². The molecule has 0 aliphatic rings. The van der Waals surface area contributed by atoms with Gasteiger partial charge in [-0.1, -0.05) is 6.07 Å². The number of aliphatic carboxylic acids is 1. The van der Waals surface area contributed by atoms with E-state index < -0.39 is 17.7 Å². The molecule has 2 aromatic rings. The van der Waals surface area contributed by atoms with Gasteiger partial charge in [0.15, 0.2) is 0 Å². The lowest BCUT2D eigenvalue weighted by molar-refractivity contribution is -0.131. The Morgan fingerprint density at radius 3 is 2.67 bits per heavy atom. The van der Waals surface area contributed by atoms with Crippen molar-refractivity contribution in [3.05, 3.63) is 59.7 Å². The molecule has 108 valence electrons. The van der Waals surface area contributed by atoms with Crippen LogP contribution in [0.25, 0.3) is 6.08 Å². The Bertz CT molecular complexity index is 719. The number of nitrogens with one attached hydrogen (secondary N) is 1. The molecule has 1 aromatic heterocycles. The highest BCUT2D eigenvalue weighted by Crippen LogP contribution is 2.17. The summed E-state index contributed by atoms with van der Waals surface area (Å²) < 4.78 is 15.5. The van der Waals surface area contributed by atoms with E-state index in [1.54, 1.807) is 29.9 Å². The Morgan fingerprint density at radius 2 is 2.10 bits per heavy atom. The molecule has 0 saturated carbocycles. The van der Waals surface area contributed by atoms with Gasteiger partial charge >= 0.3 is 5.97 Å². The number of nitrogens with zero attached hydrogens (tertiary/aromatic N) is 1. The SMILES string of the molecule is Cn1cccc1C(=O)Nc1ccc(C=CC(=O)O)cc1F. The van der Waals surface area contributed by atoms with Gasteiger partial charge in [-0.2, -0.15) is 0 Å². The van der Waals surface area contributed by atoms with Crippen LogP contribution in [0.15, 0.2) is 42.6 Å². The summed E-state index contributed by atoms with van der Waals surface area (Å²) in [7, 11) is 1.71. The van der Waals surface area contributed by atoms with Crippen LogP contribution in [-0.4, -0.2) is 21.6 Å². The number of hydrogen-bond donors (Lipinski definition) is 2. The summed E-state index contributed by atoms with van der Waals surface area (Å²) in [6.07, 6.45) is 3.90. The topological polar surface area (TPSA) is 71.3 Å². The molecule has 1 aromatic carbocycles. The van der Waals surface area contributed by atoms with E-state index in [1.807, 2.05) is 0 Å². The third kappa shape index (κ3) is 3.56. The summed E-state index contributed by atoms with van der Waals surface area (Å²) in [5.41, 5.74) is 0.838. The van der Waals surface area contributed by atoms with E-state index in [1.165, 1.54) is 18.2 Å². The van der Waals surface area contributed by atoms with Gasteiger partial charge in [-0.25, -0.2) is 9.18 Å². The van der Waals surface area contributed by atoms with Gasteiger partial charge in [0.2, 0.25) is 0 Å². The molecule has 6 heteroatoms. The van der Waals surface area contributed by atoms with Crippen molar-refractivity contribution in [2.75, 3.05) is 5.32 Å². The predicted octanol–water partition coefficient (Wildman–Crippen LogP) is 2.51. The third-order valence-corrected chi connectivity index (χ3v) is 2.84. The van der Waals surface area contributed by atoms with Crippen molar-refractivity contribution < 1.29 is 19.1 Å². The number of carboxylic acid groups (broad SMARTS) is 1. The molecule has 1 heterocycles. The van der Waals surface area contributed by atoms with Gasteiger partial charge in [-0.05, 0) is 35.9 Å². The predicted molar refractivity (Wildman–Crippen MR) is 76.4 cm³/mol. The molecule has 0 fully saturated rings. The zero-order valence-electron chi connectivity index (χ0n) is 11.2. The molecule has 5 nitrogen and oxygen atoms in total. The maximum absolute atomic E-state index is 13.9. The van der Waals surface area contributed by atoms with Crippen molar-refractivity contribution in [3.63, 3.8) is 0 Å². The molecule has 1 amide bonds. The van der Waals surface area contributed by atoms with Crippen molar-refractivity contribution in [2.24, 2.45) is 7.05 Å². The van der Waals surface area contributed by atoms with Crippen LogP contribution in [0.2, 0.25) is 0 Å². The Morgan fingerprint density at radius 1 is 1.33 bits per heavy atom. The van der Waals surface area contributed by atoms with Crippen molar-refractivity contribution in [3.8, 4) is 0 Å². The van der Waals surface area contributed by atoms with Crippen LogP contribution in [0.4, 0.5) is 10.1 Å². The number of hydrogen-bond acceptors (Lipinski definition) is 2. The van der Waals surface area contributed by atoms with Crippen LogP contribution in [0.3, 0.4) is 0 Å². The Balaban J connectivity index is 2.16. The number of carboxylic acids is 1. The minimum atomic E-state index is -1.11. The quantitative estimate of drug-likeness (QED) is 0.849. The maximum Gasteiger partial charge on any atom is 0.328 e. The van der Waals surface area contributed by atoms with E-state index in [0.29, 0.717) is 11.3 Å².